The molecule has 1 aromatic carbocycles. The van der Waals surface area contributed by atoms with Crippen LogP contribution in [0.25, 0.3) is 11.4 Å². The summed E-state index contributed by atoms with van der Waals surface area (Å²) in [5.74, 6) is 1.11. The van der Waals surface area contributed by atoms with Crippen molar-refractivity contribution >= 4 is 40.6 Å². The van der Waals surface area contributed by atoms with Crippen LogP contribution in [0, 0.1) is 0 Å². The maximum absolute atomic E-state index is 12.3. The molecule has 2 heterocycles. The highest BCUT2D eigenvalue weighted by Crippen LogP contribution is 2.38. The number of nitrogens with one attached hydrogen (secondary N) is 1. The van der Waals surface area contributed by atoms with Crippen LogP contribution in [0.15, 0.2) is 46.9 Å². The van der Waals surface area contributed by atoms with Crippen molar-refractivity contribution < 1.29 is 4.79 Å². The maximum Gasteiger partial charge on any atom is 0.230 e. The summed E-state index contributed by atoms with van der Waals surface area (Å²) >= 11 is 9.49. The summed E-state index contributed by atoms with van der Waals surface area (Å²) in [6.45, 7) is 0.567. The van der Waals surface area contributed by atoms with Crippen LogP contribution >= 0.6 is 34.7 Å². The van der Waals surface area contributed by atoms with Crippen LogP contribution in [0.1, 0.15) is 36.6 Å². The van der Waals surface area contributed by atoms with Crippen molar-refractivity contribution in [2.75, 3.05) is 5.75 Å². The number of thioether (sulfide) groups is 1. The molecule has 0 bridgehead atoms. The first-order valence-corrected chi connectivity index (χ1v) is 11.6. The Bertz CT molecular complexity index is 936. The topological polar surface area (TPSA) is 59.8 Å². The molecule has 146 valence electrons. The molecule has 0 atom stereocenters. The van der Waals surface area contributed by atoms with Crippen LogP contribution in [0.5, 0.6) is 0 Å². The van der Waals surface area contributed by atoms with Crippen LogP contribution in [-0.2, 0) is 11.3 Å². The molecule has 1 aliphatic rings. The highest BCUT2D eigenvalue weighted by molar-refractivity contribution is 7.99. The van der Waals surface area contributed by atoms with E-state index in [4.69, 9.17) is 11.6 Å². The van der Waals surface area contributed by atoms with Crippen molar-refractivity contribution in [3.8, 4) is 11.4 Å². The lowest BCUT2D eigenvalue weighted by Crippen LogP contribution is -2.24. The zero-order chi connectivity index (χ0) is 19.3. The van der Waals surface area contributed by atoms with E-state index < -0.39 is 0 Å². The van der Waals surface area contributed by atoms with Gasteiger partial charge in [0.05, 0.1) is 17.3 Å². The van der Waals surface area contributed by atoms with Crippen molar-refractivity contribution in [1.29, 1.82) is 0 Å². The average molecular weight is 433 g/mol. The second-order valence-corrected chi connectivity index (χ2v) is 9.12. The number of thiophene rings is 1. The Kier molecular flexibility index (Phi) is 6.34. The number of hydrogen-bond acceptors (Lipinski definition) is 5. The van der Waals surface area contributed by atoms with Gasteiger partial charge in [0.25, 0.3) is 0 Å². The molecule has 0 saturated heterocycles. The molecule has 0 radical (unpaired) electrons. The highest BCUT2D eigenvalue weighted by Gasteiger charge is 2.26. The first-order valence-electron chi connectivity index (χ1n) is 9.34. The second-order valence-electron chi connectivity index (χ2n) is 6.74. The van der Waals surface area contributed by atoms with Gasteiger partial charge in [-0.1, -0.05) is 54.4 Å². The van der Waals surface area contributed by atoms with Crippen LogP contribution in [0.2, 0.25) is 5.02 Å². The van der Waals surface area contributed by atoms with E-state index in [0.29, 0.717) is 23.4 Å². The minimum absolute atomic E-state index is 0.00124. The summed E-state index contributed by atoms with van der Waals surface area (Å²) in [5.41, 5.74) is 0.887. The third kappa shape index (κ3) is 4.42. The predicted molar refractivity (Wildman–Crippen MR) is 115 cm³/mol. The summed E-state index contributed by atoms with van der Waals surface area (Å²) < 4.78 is 2.19. The first-order chi connectivity index (χ1) is 13.7. The molecule has 1 aliphatic carbocycles. The Morgan fingerprint density at radius 1 is 1.21 bits per heavy atom. The normalized spacial score (nSPS) is 14.5. The van der Waals surface area contributed by atoms with Crippen molar-refractivity contribution in [3.63, 3.8) is 0 Å². The first kappa shape index (κ1) is 19.5. The lowest BCUT2D eigenvalue weighted by Gasteiger charge is -2.17. The summed E-state index contributed by atoms with van der Waals surface area (Å²) in [6.07, 6.45) is 4.62. The third-order valence-corrected chi connectivity index (χ3v) is 6.99. The van der Waals surface area contributed by atoms with Gasteiger partial charge >= 0.3 is 0 Å². The quantitative estimate of drug-likeness (QED) is 0.522. The Balaban J connectivity index is 1.50. The third-order valence-electron chi connectivity index (χ3n) is 4.84. The average Bonchev–Trinajstić information content (AvgIpc) is 3.46. The van der Waals surface area contributed by atoms with E-state index in [1.54, 1.807) is 11.3 Å². The van der Waals surface area contributed by atoms with E-state index in [-0.39, 0.29) is 5.91 Å². The lowest BCUT2D eigenvalue weighted by molar-refractivity contribution is -0.118. The van der Waals surface area contributed by atoms with Gasteiger partial charge in [-0.15, -0.1) is 21.5 Å². The molecular weight excluding hydrogens is 412 g/mol. The zero-order valence-corrected chi connectivity index (χ0v) is 17.7. The summed E-state index contributed by atoms with van der Waals surface area (Å²) in [4.78, 5) is 13.4. The van der Waals surface area contributed by atoms with Crippen LogP contribution < -0.4 is 5.32 Å². The second kappa shape index (κ2) is 9.11. The number of carbonyl (C=O) groups is 1. The van der Waals surface area contributed by atoms with Gasteiger partial charge < -0.3 is 5.32 Å². The molecule has 0 unspecified atom stereocenters. The summed E-state index contributed by atoms with van der Waals surface area (Å²) in [6, 6.07) is 12.1. The number of hydrogen-bond donors (Lipinski definition) is 1. The fourth-order valence-corrected chi connectivity index (χ4v) is 5.17. The van der Waals surface area contributed by atoms with Gasteiger partial charge in [-0.3, -0.25) is 9.36 Å². The number of halogens is 1. The molecule has 8 heteroatoms. The van der Waals surface area contributed by atoms with E-state index in [2.05, 4.69) is 20.1 Å². The van der Waals surface area contributed by atoms with Gasteiger partial charge in [0.1, 0.15) is 0 Å². The minimum atomic E-state index is -0.00124. The molecule has 2 aromatic heterocycles. The lowest BCUT2D eigenvalue weighted by atomic mass is 10.2. The number of amides is 1. The van der Waals surface area contributed by atoms with Gasteiger partial charge in [0.15, 0.2) is 11.0 Å². The van der Waals surface area contributed by atoms with E-state index >= 15 is 0 Å². The fraction of sp³-hybridized carbons (Fsp3) is 0.350. The molecule has 3 aromatic rings. The predicted octanol–water partition coefficient (Wildman–Crippen LogP) is 5.18. The van der Waals surface area contributed by atoms with Crippen LogP contribution in [0.3, 0.4) is 0 Å². The summed E-state index contributed by atoms with van der Waals surface area (Å²) in [7, 11) is 0. The fourth-order valence-electron chi connectivity index (χ4n) is 3.47. The van der Waals surface area contributed by atoms with Crippen molar-refractivity contribution in [3.05, 3.63) is 51.7 Å². The zero-order valence-electron chi connectivity index (χ0n) is 15.3. The van der Waals surface area contributed by atoms with Crippen LogP contribution in [-0.4, -0.2) is 26.4 Å². The van der Waals surface area contributed by atoms with E-state index in [9.17, 15) is 4.79 Å². The number of nitrogens with zero attached hydrogens (tertiary/aromatic N) is 3. The highest BCUT2D eigenvalue weighted by atomic mass is 35.5. The molecular formula is C20H21ClN4OS2. The van der Waals surface area contributed by atoms with E-state index in [0.717, 1.165) is 34.3 Å². The minimum Gasteiger partial charge on any atom is -0.350 e. The van der Waals surface area contributed by atoms with Crippen molar-refractivity contribution in [2.24, 2.45) is 0 Å². The Labute approximate surface area is 177 Å². The monoisotopic (exact) mass is 432 g/mol. The molecule has 5 nitrogen and oxygen atoms in total. The Morgan fingerprint density at radius 3 is 2.79 bits per heavy atom. The van der Waals surface area contributed by atoms with E-state index in [1.165, 1.54) is 24.6 Å². The summed E-state index contributed by atoms with van der Waals surface area (Å²) in [5, 5.41) is 15.3. The van der Waals surface area contributed by atoms with Gasteiger partial charge in [-0.2, -0.15) is 0 Å². The number of carbonyl (C=O) groups excluding carboxylic acids is 1. The molecule has 0 aliphatic heterocycles. The molecule has 1 saturated carbocycles. The molecule has 4 rings (SSSR count). The largest absolute Gasteiger partial charge is 0.350 e. The van der Waals surface area contributed by atoms with Crippen molar-refractivity contribution in [2.45, 2.75) is 43.4 Å². The molecule has 1 amide bonds. The number of rotatable bonds is 7. The molecule has 0 spiro atoms. The molecule has 1 fully saturated rings. The molecule has 28 heavy (non-hydrogen) atoms. The standard InChI is InChI=1S/C20H21ClN4OS2/c21-17-10-4-3-9-16(17)19-23-24-20(25(19)14-6-1-2-7-14)28-13-18(26)22-12-15-8-5-11-27-15/h3-5,8-11,14H,1-2,6-7,12-13H2,(H,22,26). The number of benzene rings is 1. The molecule has 1 N–H and O–H groups in total. The van der Waals surface area contributed by atoms with Gasteiger partial charge in [-0.25, -0.2) is 0 Å². The SMILES string of the molecule is O=C(CSc1nnc(-c2ccccc2Cl)n1C1CCCC1)NCc1cccs1. The smallest absolute Gasteiger partial charge is 0.230 e. The van der Waals surface area contributed by atoms with Crippen LogP contribution in [0.4, 0.5) is 0 Å². The Morgan fingerprint density at radius 2 is 2.04 bits per heavy atom. The maximum atomic E-state index is 12.3. The van der Waals surface area contributed by atoms with Gasteiger partial charge in [0, 0.05) is 16.5 Å². The number of aromatic nitrogens is 3. The van der Waals surface area contributed by atoms with Gasteiger partial charge in [-0.05, 0) is 36.4 Å². The van der Waals surface area contributed by atoms with Crippen molar-refractivity contribution in [1.82, 2.24) is 20.1 Å². The van der Waals surface area contributed by atoms with E-state index in [1.807, 2.05) is 41.8 Å². The van der Waals surface area contributed by atoms with Gasteiger partial charge in [0.2, 0.25) is 5.91 Å². The Hall–Kier alpha value is -1.83.